The second kappa shape index (κ2) is 10.7. The maximum absolute atomic E-state index is 13.7. The number of guanidine groups is 1. The molecule has 7 nitrogen and oxygen atoms in total. The summed E-state index contributed by atoms with van der Waals surface area (Å²) >= 11 is 0. The maximum Gasteiger partial charge on any atom is 0.191 e. The lowest BCUT2D eigenvalue weighted by atomic mass is 10.1. The molecule has 2 rings (SSSR count). The van der Waals surface area contributed by atoms with Crippen molar-refractivity contribution in [2.24, 2.45) is 12.0 Å². The van der Waals surface area contributed by atoms with E-state index >= 15 is 0 Å². The molecule has 0 amide bonds. The SMILES string of the molecule is CCNC(=NCC(c1cnn(C)c1)N(C)C)NCC(C)Oc1ccccc1F. The molecular weight excluding hydrogens is 359 g/mol. The van der Waals surface area contributed by atoms with Crippen LogP contribution in [-0.2, 0) is 7.05 Å². The fraction of sp³-hybridized carbons (Fsp3) is 0.500. The standard InChI is InChI=1S/C20H31FN6O/c1-6-22-20(23-11-15(2)28-19-10-8-7-9-17(19)21)24-13-18(26(3)4)16-12-25-27(5)14-16/h7-10,12,14-15,18H,6,11,13H2,1-5H3,(H2,22,23,24). The number of likely N-dealkylation sites (N-methyl/N-ethyl adjacent to an activating group) is 1. The minimum absolute atomic E-state index is 0.122. The van der Waals surface area contributed by atoms with Crippen molar-refractivity contribution in [3.8, 4) is 5.75 Å². The molecule has 1 aromatic heterocycles. The Morgan fingerprint density at radius 3 is 2.68 bits per heavy atom. The first kappa shape index (κ1) is 21.7. The van der Waals surface area contributed by atoms with Gasteiger partial charge in [0.2, 0.25) is 0 Å². The van der Waals surface area contributed by atoms with Crippen LogP contribution in [-0.4, -0.2) is 60.5 Å². The van der Waals surface area contributed by atoms with Crippen LogP contribution >= 0.6 is 0 Å². The van der Waals surface area contributed by atoms with Crippen LogP contribution in [0.25, 0.3) is 0 Å². The zero-order valence-corrected chi connectivity index (χ0v) is 17.3. The summed E-state index contributed by atoms with van der Waals surface area (Å²) in [4.78, 5) is 6.82. The summed E-state index contributed by atoms with van der Waals surface area (Å²) in [7, 11) is 5.96. The topological polar surface area (TPSA) is 66.7 Å². The molecule has 8 heteroatoms. The van der Waals surface area contributed by atoms with E-state index in [9.17, 15) is 4.39 Å². The number of halogens is 1. The lowest BCUT2D eigenvalue weighted by Gasteiger charge is -2.22. The number of aliphatic imine (C=N–C) groups is 1. The van der Waals surface area contributed by atoms with Crippen molar-refractivity contribution in [1.29, 1.82) is 0 Å². The predicted octanol–water partition coefficient (Wildman–Crippen LogP) is 2.18. The zero-order valence-electron chi connectivity index (χ0n) is 17.3. The van der Waals surface area contributed by atoms with Crippen molar-refractivity contribution in [2.75, 3.05) is 33.7 Å². The van der Waals surface area contributed by atoms with Gasteiger partial charge in [0.05, 0.1) is 25.3 Å². The Hall–Kier alpha value is -2.61. The monoisotopic (exact) mass is 390 g/mol. The molecule has 2 N–H and O–H groups in total. The Morgan fingerprint density at radius 2 is 2.07 bits per heavy atom. The van der Waals surface area contributed by atoms with Gasteiger partial charge in [-0.3, -0.25) is 9.67 Å². The van der Waals surface area contributed by atoms with Gasteiger partial charge < -0.3 is 20.3 Å². The maximum atomic E-state index is 13.7. The van der Waals surface area contributed by atoms with E-state index in [1.807, 2.05) is 47.4 Å². The number of para-hydroxylation sites is 1. The molecule has 0 saturated heterocycles. The van der Waals surface area contributed by atoms with E-state index in [0.29, 0.717) is 19.0 Å². The van der Waals surface area contributed by atoms with Gasteiger partial charge in [-0.25, -0.2) is 4.39 Å². The molecule has 0 spiro atoms. The molecule has 154 valence electrons. The smallest absolute Gasteiger partial charge is 0.191 e. The quantitative estimate of drug-likeness (QED) is 0.508. The van der Waals surface area contributed by atoms with Crippen LogP contribution < -0.4 is 15.4 Å². The number of ether oxygens (including phenoxy) is 1. The van der Waals surface area contributed by atoms with E-state index in [2.05, 4.69) is 20.6 Å². The zero-order chi connectivity index (χ0) is 20.5. The van der Waals surface area contributed by atoms with Crippen molar-refractivity contribution in [3.63, 3.8) is 0 Å². The minimum atomic E-state index is -0.361. The summed E-state index contributed by atoms with van der Waals surface area (Å²) in [6.07, 6.45) is 3.65. The van der Waals surface area contributed by atoms with Crippen molar-refractivity contribution in [3.05, 3.63) is 48.0 Å². The van der Waals surface area contributed by atoms with Crippen molar-refractivity contribution < 1.29 is 9.13 Å². The van der Waals surface area contributed by atoms with Crippen LogP contribution in [0.2, 0.25) is 0 Å². The molecule has 28 heavy (non-hydrogen) atoms. The first-order valence-electron chi connectivity index (χ1n) is 9.49. The van der Waals surface area contributed by atoms with Gasteiger partial charge in [0.15, 0.2) is 17.5 Å². The molecule has 0 bridgehead atoms. The Labute approximate surface area is 166 Å². The van der Waals surface area contributed by atoms with Gasteiger partial charge in [-0.2, -0.15) is 5.10 Å². The highest BCUT2D eigenvalue weighted by molar-refractivity contribution is 5.79. The van der Waals surface area contributed by atoms with Crippen LogP contribution in [0, 0.1) is 5.82 Å². The molecule has 0 saturated carbocycles. The number of aryl methyl sites for hydroxylation is 1. The van der Waals surface area contributed by atoms with E-state index in [1.54, 1.807) is 22.9 Å². The molecule has 1 aromatic carbocycles. The van der Waals surface area contributed by atoms with E-state index < -0.39 is 0 Å². The van der Waals surface area contributed by atoms with Gasteiger partial charge in [-0.05, 0) is 40.1 Å². The fourth-order valence-electron chi connectivity index (χ4n) is 2.74. The number of benzene rings is 1. The normalized spacial score (nSPS) is 14.0. The summed E-state index contributed by atoms with van der Waals surface area (Å²) < 4.78 is 21.2. The lowest BCUT2D eigenvalue weighted by molar-refractivity contribution is 0.214. The average Bonchev–Trinajstić information content (AvgIpc) is 3.07. The highest BCUT2D eigenvalue weighted by Gasteiger charge is 2.16. The largest absolute Gasteiger partial charge is 0.486 e. The number of nitrogens with one attached hydrogen (secondary N) is 2. The third kappa shape index (κ3) is 6.53. The second-order valence-electron chi connectivity index (χ2n) is 6.89. The first-order chi connectivity index (χ1) is 13.4. The number of hydrogen-bond acceptors (Lipinski definition) is 4. The van der Waals surface area contributed by atoms with Crippen molar-refractivity contribution >= 4 is 5.96 Å². The van der Waals surface area contributed by atoms with Crippen molar-refractivity contribution in [1.82, 2.24) is 25.3 Å². The molecule has 2 unspecified atom stereocenters. The number of aromatic nitrogens is 2. The third-order valence-corrected chi connectivity index (χ3v) is 4.22. The summed E-state index contributed by atoms with van der Waals surface area (Å²) in [5.74, 6) is 0.588. The van der Waals surface area contributed by atoms with Gasteiger partial charge in [0.1, 0.15) is 6.10 Å². The fourth-order valence-corrected chi connectivity index (χ4v) is 2.74. The van der Waals surface area contributed by atoms with Crippen molar-refractivity contribution in [2.45, 2.75) is 26.0 Å². The van der Waals surface area contributed by atoms with E-state index in [-0.39, 0.29) is 23.7 Å². The Kier molecular flexibility index (Phi) is 8.25. The van der Waals surface area contributed by atoms with Gasteiger partial charge in [-0.15, -0.1) is 0 Å². The third-order valence-electron chi connectivity index (χ3n) is 4.22. The number of hydrogen-bond donors (Lipinski definition) is 2. The van der Waals surface area contributed by atoms with Gasteiger partial charge >= 0.3 is 0 Å². The molecule has 2 atom stereocenters. The van der Waals surface area contributed by atoms with Gasteiger partial charge in [-0.1, -0.05) is 12.1 Å². The minimum Gasteiger partial charge on any atom is -0.486 e. The highest BCUT2D eigenvalue weighted by atomic mass is 19.1. The first-order valence-corrected chi connectivity index (χ1v) is 9.49. The number of rotatable bonds is 9. The molecule has 0 fully saturated rings. The van der Waals surface area contributed by atoms with Crippen LogP contribution in [0.3, 0.4) is 0 Å². The Morgan fingerprint density at radius 1 is 1.32 bits per heavy atom. The summed E-state index contributed by atoms with van der Waals surface area (Å²) in [5.41, 5.74) is 1.11. The van der Waals surface area contributed by atoms with E-state index in [0.717, 1.165) is 12.1 Å². The Bertz CT molecular complexity index is 761. The lowest BCUT2D eigenvalue weighted by Crippen LogP contribution is -2.42. The van der Waals surface area contributed by atoms with Crippen LogP contribution in [0.4, 0.5) is 4.39 Å². The van der Waals surface area contributed by atoms with Gasteiger partial charge in [0.25, 0.3) is 0 Å². The summed E-state index contributed by atoms with van der Waals surface area (Å²) in [6.45, 7) is 5.73. The molecule has 1 heterocycles. The highest BCUT2D eigenvalue weighted by Crippen LogP contribution is 2.18. The summed E-state index contributed by atoms with van der Waals surface area (Å²) in [6, 6.07) is 6.53. The van der Waals surface area contributed by atoms with Crippen LogP contribution in [0.1, 0.15) is 25.5 Å². The van der Waals surface area contributed by atoms with E-state index in [1.165, 1.54) is 6.07 Å². The number of nitrogens with zero attached hydrogens (tertiary/aromatic N) is 4. The molecule has 0 radical (unpaired) electrons. The molecular formula is C20H31FN6O. The molecule has 2 aromatic rings. The van der Waals surface area contributed by atoms with Crippen LogP contribution in [0.5, 0.6) is 5.75 Å². The molecule has 0 aliphatic rings. The van der Waals surface area contributed by atoms with Crippen LogP contribution in [0.15, 0.2) is 41.7 Å². The molecule has 0 aliphatic carbocycles. The Balaban J connectivity index is 1.96. The molecule has 0 aliphatic heterocycles. The second-order valence-corrected chi connectivity index (χ2v) is 6.89. The van der Waals surface area contributed by atoms with Gasteiger partial charge in [0, 0.05) is 25.4 Å². The van der Waals surface area contributed by atoms with E-state index in [4.69, 9.17) is 9.73 Å². The summed E-state index contributed by atoms with van der Waals surface area (Å²) in [5, 5.41) is 10.8. The average molecular weight is 391 g/mol. The predicted molar refractivity (Wildman–Crippen MR) is 110 cm³/mol.